The lowest BCUT2D eigenvalue weighted by molar-refractivity contribution is 0.578. The van der Waals surface area contributed by atoms with Crippen molar-refractivity contribution in [3.8, 4) is 0 Å². The number of rotatable bonds is 6. The highest BCUT2D eigenvalue weighted by atomic mass is 32.2. The Labute approximate surface area is 118 Å². The van der Waals surface area contributed by atoms with Gasteiger partial charge in [-0.2, -0.15) is 0 Å². The molecule has 0 atom stereocenters. The monoisotopic (exact) mass is 294 g/mol. The maximum absolute atomic E-state index is 12.3. The van der Waals surface area contributed by atoms with E-state index in [0.717, 1.165) is 11.1 Å². The fraction of sp³-hybridized carbons (Fsp3) is 0.308. The summed E-state index contributed by atoms with van der Waals surface area (Å²) in [4.78, 5) is 7.15. The second-order valence-electron chi connectivity index (χ2n) is 4.49. The van der Waals surface area contributed by atoms with Crippen LogP contribution in [-0.2, 0) is 23.1 Å². The van der Waals surface area contributed by atoms with Crippen molar-refractivity contribution in [2.75, 3.05) is 7.05 Å². The minimum absolute atomic E-state index is 0.144. The molecular weight excluding hydrogens is 276 g/mol. The van der Waals surface area contributed by atoms with Crippen LogP contribution in [0.1, 0.15) is 17.0 Å². The third-order valence-corrected chi connectivity index (χ3v) is 4.45. The van der Waals surface area contributed by atoms with Gasteiger partial charge in [0.05, 0.1) is 11.4 Å². The molecule has 0 aliphatic carbocycles. The van der Waals surface area contributed by atoms with Crippen molar-refractivity contribution in [2.24, 2.45) is 0 Å². The zero-order valence-corrected chi connectivity index (χ0v) is 12.3. The maximum Gasteiger partial charge on any atom is 0.241 e. The first-order chi connectivity index (χ1) is 9.53. The third kappa shape index (κ3) is 3.44. The molecule has 2 rings (SSSR count). The summed E-state index contributed by atoms with van der Waals surface area (Å²) in [6.07, 6.45) is 3.24. The molecule has 2 aromatic rings. The number of aromatic nitrogens is 2. The van der Waals surface area contributed by atoms with Crippen molar-refractivity contribution in [3.63, 3.8) is 0 Å². The van der Waals surface area contributed by atoms with Gasteiger partial charge >= 0.3 is 0 Å². The lowest BCUT2D eigenvalue weighted by atomic mass is 10.1. The van der Waals surface area contributed by atoms with E-state index in [0.29, 0.717) is 17.3 Å². The quantitative estimate of drug-likeness (QED) is 0.739. The minimum Gasteiger partial charge on any atom is -0.347 e. The number of sulfonamides is 1. The molecule has 0 fully saturated rings. The summed E-state index contributed by atoms with van der Waals surface area (Å²) in [5.41, 5.74) is 1.65. The first-order valence-corrected chi connectivity index (χ1v) is 7.73. The van der Waals surface area contributed by atoms with Crippen molar-refractivity contribution in [3.05, 3.63) is 47.5 Å². The number of aryl methyl sites for hydroxylation is 1. The molecule has 0 aliphatic rings. The van der Waals surface area contributed by atoms with E-state index in [1.54, 1.807) is 25.4 Å². The second kappa shape index (κ2) is 6.17. The molecular formula is C13H18N4O2S. The SMILES string of the molecule is CNCc1ccc(C)c(S(=O)(=O)NCc2ncc[nH]2)c1. The van der Waals surface area contributed by atoms with E-state index in [2.05, 4.69) is 20.0 Å². The number of nitrogens with one attached hydrogen (secondary N) is 3. The van der Waals surface area contributed by atoms with Crippen LogP contribution in [0.25, 0.3) is 0 Å². The average Bonchev–Trinajstić information content (AvgIpc) is 2.92. The van der Waals surface area contributed by atoms with Crippen molar-refractivity contribution < 1.29 is 8.42 Å². The van der Waals surface area contributed by atoms with Crippen LogP contribution in [0.5, 0.6) is 0 Å². The van der Waals surface area contributed by atoms with Gasteiger partial charge in [0.25, 0.3) is 0 Å². The summed E-state index contributed by atoms with van der Waals surface area (Å²) in [5.74, 6) is 0.581. The molecule has 20 heavy (non-hydrogen) atoms. The molecule has 0 unspecified atom stereocenters. The van der Waals surface area contributed by atoms with E-state index in [1.165, 1.54) is 0 Å². The summed E-state index contributed by atoms with van der Waals surface area (Å²) < 4.78 is 27.2. The summed E-state index contributed by atoms with van der Waals surface area (Å²) in [6, 6.07) is 5.42. The Hall–Kier alpha value is -1.70. The fourth-order valence-electron chi connectivity index (χ4n) is 1.88. The molecule has 3 N–H and O–H groups in total. The maximum atomic E-state index is 12.3. The average molecular weight is 294 g/mol. The highest BCUT2D eigenvalue weighted by molar-refractivity contribution is 7.89. The third-order valence-electron chi connectivity index (χ3n) is 2.91. The Balaban J connectivity index is 2.21. The van der Waals surface area contributed by atoms with Gasteiger partial charge in [0.15, 0.2) is 0 Å². The number of hydrogen-bond acceptors (Lipinski definition) is 4. The normalized spacial score (nSPS) is 11.7. The molecule has 7 heteroatoms. The first kappa shape index (κ1) is 14.7. The Morgan fingerprint density at radius 1 is 1.30 bits per heavy atom. The van der Waals surface area contributed by atoms with Gasteiger partial charge in [-0.15, -0.1) is 0 Å². The lowest BCUT2D eigenvalue weighted by Crippen LogP contribution is -2.24. The molecule has 1 aromatic carbocycles. The molecule has 0 saturated heterocycles. The van der Waals surface area contributed by atoms with E-state index < -0.39 is 10.0 Å². The number of hydrogen-bond donors (Lipinski definition) is 3. The van der Waals surface area contributed by atoms with Crippen molar-refractivity contribution in [1.82, 2.24) is 20.0 Å². The van der Waals surface area contributed by atoms with E-state index in [4.69, 9.17) is 0 Å². The van der Waals surface area contributed by atoms with Crippen LogP contribution < -0.4 is 10.0 Å². The Morgan fingerprint density at radius 2 is 2.10 bits per heavy atom. The van der Waals surface area contributed by atoms with Crippen LogP contribution in [0, 0.1) is 6.92 Å². The number of benzene rings is 1. The van der Waals surface area contributed by atoms with Gasteiger partial charge in [0.2, 0.25) is 10.0 Å². The van der Waals surface area contributed by atoms with Crippen molar-refractivity contribution >= 4 is 10.0 Å². The van der Waals surface area contributed by atoms with Gasteiger partial charge < -0.3 is 10.3 Å². The number of imidazole rings is 1. The van der Waals surface area contributed by atoms with Crippen molar-refractivity contribution in [2.45, 2.75) is 24.9 Å². The van der Waals surface area contributed by atoms with Crippen LogP contribution in [0.3, 0.4) is 0 Å². The lowest BCUT2D eigenvalue weighted by Gasteiger charge is -2.10. The van der Waals surface area contributed by atoms with Crippen LogP contribution >= 0.6 is 0 Å². The topological polar surface area (TPSA) is 86.9 Å². The Morgan fingerprint density at radius 3 is 2.75 bits per heavy atom. The molecule has 0 aliphatic heterocycles. The largest absolute Gasteiger partial charge is 0.347 e. The zero-order valence-electron chi connectivity index (χ0n) is 11.5. The second-order valence-corrected chi connectivity index (χ2v) is 6.23. The predicted molar refractivity (Wildman–Crippen MR) is 76.6 cm³/mol. The molecule has 0 radical (unpaired) electrons. The highest BCUT2D eigenvalue weighted by Crippen LogP contribution is 2.17. The van der Waals surface area contributed by atoms with Crippen LogP contribution in [0.4, 0.5) is 0 Å². The minimum atomic E-state index is -3.55. The van der Waals surface area contributed by atoms with Gasteiger partial charge in [-0.05, 0) is 31.2 Å². The van der Waals surface area contributed by atoms with Crippen LogP contribution in [0.2, 0.25) is 0 Å². The number of aromatic amines is 1. The van der Waals surface area contributed by atoms with E-state index in [1.807, 2.05) is 19.2 Å². The fourth-order valence-corrected chi connectivity index (χ4v) is 3.16. The van der Waals surface area contributed by atoms with E-state index in [-0.39, 0.29) is 6.54 Å². The zero-order chi connectivity index (χ0) is 14.6. The molecule has 6 nitrogen and oxygen atoms in total. The smallest absolute Gasteiger partial charge is 0.241 e. The van der Waals surface area contributed by atoms with Crippen molar-refractivity contribution in [1.29, 1.82) is 0 Å². The van der Waals surface area contributed by atoms with Gasteiger partial charge in [0.1, 0.15) is 5.82 Å². The number of nitrogens with zero attached hydrogens (tertiary/aromatic N) is 1. The van der Waals surface area contributed by atoms with E-state index >= 15 is 0 Å². The van der Waals surface area contributed by atoms with Gasteiger partial charge in [0, 0.05) is 18.9 Å². The predicted octanol–water partition coefficient (Wildman–Crippen LogP) is 0.916. The van der Waals surface area contributed by atoms with Crippen LogP contribution in [-0.4, -0.2) is 25.4 Å². The molecule has 0 bridgehead atoms. The first-order valence-electron chi connectivity index (χ1n) is 6.25. The molecule has 1 heterocycles. The Bertz CT molecular complexity index is 666. The van der Waals surface area contributed by atoms with Crippen LogP contribution in [0.15, 0.2) is 35.5 Å². The summed E-state index contributed by atoms with van der Waals surface area (Å²) in [6.45, 7) is 2.55. The van der Waals surface area contributed by atoms with E-state index in [9.17, 15) is 8.42 Å². The van der Waals surface area contributed by atoms with Gasteiger partial charge in [-0.3, -0.25) is 0 Å². The molecule has 1 aromatic heterocycles. The molecule has 0 spiro atoms. The molecule has 0 amide bonds. The standard InChI is InChI=1S/C13H18N4O2S/c1-10-3-4-11(8-14-2)7-12(10)20(18,19)17-9-13-15-5-6-16-13/h3-7,14,17H,8-9H2,1-2H3,(H,15,16). The summed E-state index contributed by atoms with van der Waals surface area (Å²) >= 11 is 0. The summed E-state index contributed by atoms with van der Waals surface area (Å²) in [7, 11) is -1.72. The highest BCUT2D eigenvalue weighted by Gasteiger charge is 2.17. The Kier molecular flexibility index (Phi) is 4.53. The van der Waals surface area contributed by atoms with Gasteiger partial charge in [-0.1, -0.05) is 12.1 Å². The summed E-state index contributed by atoms with van der Waals surface area (Å²) in [5, 5.41) is 3.01. The molecule has 0 saturated carbocycles. The van der Waals surface area contributed by atoms with Gasteiger partial charge in [-0.25, -0.2) is 18.1 Å². The number of H-pyrrole nitrogens is 1. The molecule has 108 valence electrons.